The molecule has 72 valence electrons. The molecule has 0 aromatic carbocycles. The lowest BCUT2D eigenvalue weighted by Gasteiger charge is -2.06. The van der Waals surface area contributed by atoms with Crippen molar-refractivity contribution < 1.29 is 9.47 Å². The van der Waals surface area contributed by atoms with Crippen molar-refractivity contribution in [3.05, 3.63) is 11.6 Å². The van der Waals surface area contributed by atoms with E-state index in [4.69, 9.17) is 15.2 Å². The zero-order valence-electron chi connectivity index (χ0n) is 7.78. The van der Waals surface area contributed by atoms with Crippen molar-refractivity contribution in [2.24, 2.45) is 5.73 Å². The summed E-state index contributed by atoms with van der Waals surface area (Å²) in [5.74, 6) is 0.982. The van der Waals surface area contributed by atoms with Crippen LogP contribution in [0.3, 0.4) is 0 Å². The first kappa shape index (κ1) is 9.73. The number of aromatic nitrogens is 2. The van der Waals surface area contributed by atoms with Gasteiger partial charge in [0.1, 0.15) is 0 Å². The fraction of sp³-hybridized carbons (Fsp3) is 0.500. The maximum atomic E-state index is 5.43. The number of hydrogen-bond acceptors (Lipinski definition) is 5. The van der Waals surface area contributed by atoms with Gasteiger partial charge in [0, 0.05) is 11.6 Å². The van der Waals surface area contributed by atoms with Crippen LogP contribution in [0.1, 0.15) is 5.56 Å². The van der Waals surface area contributed by atoms with Crippen molar-refractivity contribution in [3.63, 3.8) is 0 Å². The Balaban J connectivity index is 2.95. The van der Waals surface area contributed by atoms with Crippen molar-refractivity contribution in [2.75, 3.05) is 20.8 Å². The van der Waals surface area contributed by atoms with Crippen LogP contribution in [-0.2, 0) is 6.42 Å². The molecule has 0 atom stereocenters. The molecule has 0 saturated carbocycles. The summed E-state index contributed by atoms with van der Waals surface area (Å²) in [6.07, 6.45) is 0.703. The topological polar surface area (TPSA) is 70.3 Å². The molecule has 0 aliphatic carbocycles. The third-order valence-corrected chi connectivity index (χ3v) is 1.63. The third kappa shape index (κ3) is 2.29. The highest BCUT2D eigenvalue weighted by molar-refractivity contribution is 5.29. The molecule has 0 spiro atoms. The molecular formula is C8H13N3O2. The average molecular weight is 183 g/mol. The number of ether oxygens (including phenoxy) is 2. The van der Waals surface area contributed by atoms with E-state index < -0.39 is 0 Å². The zero-order valence-corrected chi connectivity index (χ0v) is 7.78. The Labute approximate surface area is 76.9 Å². The van der Waals surface area contributed by atoms with Crippen molar-refractivity contribution in [1.29, 1.82) is 0 Å². The van der Waals surface area contributed by atoms with Gasteiger partial charge >= 0.3 is 0 Å². The van der Waals surface area contributed by atoms with Gasteiger partial charge in [-0.05, 0) is 13.0 Å². The molecule has 0 radical (unpaired) electrons. The molecule has 1 heterocycles. The molecule has 0 aliphatic heterocycles. The van der Waals surface area contributed by atoms with E-state index in [9.17, 15) is 0 Å². The van der Waals surface area contributed by atoms with Gasteiger partial charge in [-0.25, -0.2) is 0 Å². The van der Waals surface area contributed by atoms with Gasteiger partial charge in [-0.2, -0.15) is 0 Å². The summed E-state index contributed by atoms with van der Waals surface area (Å²) in [4.78, 5) is 0. The summed E-state index contributed by atoms with van der Waals surface area (Å²) in [7, 11) is 3.10. The second-order valence-electron chi connectivity index (χ2n) is 2.46. The van der Waals surface area contributed by atoms with Crippen molar-refractivity contribution >= 4 is 0 Å². The Hall–Kier alpha value is -1.36. The van der Waals surface area contributed by atoms with Gasteiger partial charge in [0.25, 0.3) is 0 Å². The van der Waals surface area contributed by atoms with Crippen LogP contribution >= 0.6 is 0 Å². The van der Waals surface area contributed by atoms with Gasteiger partial charge in [0.05, 0.1) is 14.2 Å². The quantitative estimate of drug-likeness (QED) is 0.711. The lowest BCUT2D eigenvalue weighted by atomic mass is 10.2. The summed E-state index contributed by atoms with van der Waals surface area (Å²) in [6.45, 7) is 0.547. The smallest absolute Gasteiger partial charge is 0.236 e. The highest BCUT2D eigenvalue weighted by Crippen LogP contribution is 2.17. The van der Waals surface area contributed by atoms with Crippen molar-refractivity contribution in [3.8, 4) is 11.8 Å². The molecule has 2 N–H and O–H groups in total. The molecule has 0 amide bonds. The zero-order chi connectivity index (χ0) is 9.68. The average Bonchev–Trinajstić information content (AvgIpc) is 2.18. The van der Waals surface area contributed by atoms with Gasteiger partial charge in [0.15, 0.2) is 0 Å². The Morgan fingerprint density at radius 2 is 2.08 bits per heavy atom. The molecule has 5 heteroatoms. The van der Waals surface area contributed by atoms with E-state index in [0.29, 0.717) is 24.7 Å². The van der Waals surface area contributed by atoms with E-state index >= 15 is 0 Å². The summed E-state index contributed by atoms with van der Waals surface area (Å²) in [5, 5.41) is 7.61. The van der Waals surface area contributed by atoms with Crippen molar-refractivity contribution in [2.45, 2.75) is 6.42 Å². The predicted molar refractivity (Wildman–Crippen MR) is 47.9 cm³/mol. The molecular weight excluding hydrogens is 170 g/mol. The number of nitrogens with two attached hydrogens (primary N) is 1. The second kappa shape index (κ2) is 4.61. The molecule has 1 aromatic heterocycles. The Morgan fingerprint density at radius 1 is 1.31 bits per heavy atom. The standard InChI is InChI=1S/C8H13N3O2/c1-12-7-5-6(3-4-9)8(13-2)11-10-7/h5H,3-4,9H2,1-2H3. The highest BCUT2D eigenvalue weighted by atomic mass is 16.5. The van der Waals surface area contributed by atoms with E-state index in [1.165, 1.54) is 0 Å². The van der Waals surface area contributed by atoms with Crippen LogP contribution in [0.15, 0.2) is 6.07 Å². The van der Waals surface area contributed by atoms with Crippen LogP contribution in [0.5, 0.6) is 11.8 Å². The Morgan fingerprint density at radius 3 is 2.62 bits per heavy atom. The normalized spacial score (nSPS) is 9.77. The Bertz CT molecular complexity index is 278. The van der Waals surface area contributed by atoms with E-state index in [0.717, 1.165) is 5.56 Å². The maximum absolute atomic E-state index is 5.43. The predicted octanol–water partition coefficient (Wildman–Crippen LogP) is -0.00500. The summed E-state index contributed by atoms with van der Waals surface area (Å²) >= 11 is 0. The molecule has 1 rings (SSSR count). The van der Waals surface area contributed by atoms with Gasteiger partial charge in [-0.3, -0.25) is 0 Å². The van der Waals surface area contributed by atoms with Gasteiger partial charge < -0.3 is 15.2 Å². The molecule has 5 nitrogen and oxygen atoms in total. The van der Waals surface area contributed by atoms with Crippen LogP contribution in [0.2, 0.25) is 0 Å². The third-order valence-electron chi connectivity index (χ3n) is 1.63. The monoisotopic (exact) mass is 183 g/mol. The molecule has 1 aromatic rings. The number of nitrogens with zero attached hydrogens (tertiary/aromatic N) is 2. The van der Waals surface area contributed by atoms with Gasteiger partial charge in [-0.15, -0.1) is 10.2 Å². The van der Waals surface area contributed by atoms with E-state index in [2.05, 4.69) is 10.2 Å². The number of methoxy groups -OCH3 is 2. The fourth-order valence-corrected chi connectivity index (χ4v) is 1.00. The second-order valence-corrected chi connectivity index (χ2v) is 2.46. The highest BCUT2D eigenvalue weighted by Gasteiger charge is 2.06. The van der Waals surface area contributed by atoms with E-state index in [-0.39, 0.29) is 0 Å². The summed E-state index contributed by atoms with van der Waals surface area (Å²) in [5.41, 5.74) is 6.34. The van der Waals surface area contributed by atoms with Crippen LogP contribution in [-0.4, -0.2) is 31.0 Å². The lowest BCUT2D eigenvalue weighted by Crippen LogP contribution is -2.06. The maximum Gasteiger partial charge on any atom is 0.236 e. The molecule has 0 unspecified atom stereocenters. The lowest BCUT2D eigenvalue weighted by molar-refractivity contribution is 0.363. The Kier molecular flexibility index (Phi) is 3.45. The summed E-state index contributed by atoms with van der Waals surface area (Å²) in [6, 6.07) is 1.78. The molecule has 0 fully saturated rings. The fourth-order valence-electron chi connectivity index (χ4n) is 1.00. The van der Waals surface area contributed by atoms with E-state index in [1.54, 1.807) is 20.3 Å². The first-order chi connectivity index (χ1) is 6.31. The molecule has 0 saturated heterocycles. The minimum atomic E-state index is 0.476. The minimum Gasteiger partial charge on any atom is -0.480 e. The van der Waals surface area contributed by atoms with Crippen LogP contribution in [0.4, 0.5) is 0 Å². The molecule has 0 bridgehead atoms. The number of hydrogen-bond donors (Lipinski definition) is 1. The SMILES string of the molecule is COc1cc(CCN)c(OC)nn1. The minimum absolute atomic E-state index is 0.476. The molecule has 13 heavy (non-hydrogen) atoms. The summed E-state index contributed by atoms with van der Waals surface area (Å²) < 4.78 is 9.94. The largest absolute Gasteiger partial charge is 0.480 e. The van der Waals surface area contributed by atoms with Gasteiger partial charge in [-0.1, -0.05) is 0 Å². The van der Waals surface area contributed by atoms with Gasteiger partial charge in [0.2, 0.25) is 11.8 Å². The first-order valence-corrected chi connectivity index (χ1v) is 3.96. The molecule has 0 aliphatic rings. The van der Waals surface area contributed by atoms with Crippen LogP contribution in [0, 0.1) is 0 Å². The first-order valence-electron chi connectivity index (χ1n) is 3.96. The van der Waals surface area contributed by atoms with Crippen LogP contribution < -0.4 is 15.2 Å². The number of rotatable bonds is 4. The van der Waals surface area contributed by atoms with Crippen molar-refractivity contribution in [1.82, 2.24) is 10.2 Å². The van der Waals surface area contributed by atoms with E-state index in [1.807, 2.05) is 0 Å². The van der Waals surface area contributed by atoms with Crippen LogP contribution in [0.25, 0.3) is 0 Å².